The number of rotatable bonds is 7. The van der Waals surface area contributed by atoms with Crippen molar-refractivity contribution in [2.45, 2.75) is 52.7 Å². The summed E-state index contributed by atoms with van der Waals surface area (Å²) >= 11 is 0. The van der Waals surface area contributed by atoms with Crippen LogP contribution < -0.4 is 5.32 Å². The molecule has 2 aromatic rings. The van der Waals surface area contributed by atoms with Crippen molar-refractivity contribution in [3.63, 3.8) is 0 Å². The Morgan fingerprint density at radius 2 is 1.52 bits per heavy atom. The molecule has 0 aliphatic carbocycles. The van der Waals surface area contributed by atoms with E-state index in [9.17, 15) is 14.0 Å². The molecule has 1 N–H and O–H groups in total. The fraction of sp³-hybridized carbons (Fsp3) is 0.364. The maximum atomic E-state index is 13.2. The van der Waals surface area contributed by atoms with E-state index >= 15 is 0 Å². The summed E-state index contributed by atoms with van der Waals surface area (Å²) in [4.78, 5) is 27.0. The van der Waals surface area contributed by atoms with Crippen molar-refractivity contribution in [2.24, 2.45) is 0 Å². The lowest BCUT2D eigenvalue weighted by molar-refractivity contribution is -0.140. The molecule has 2 aromatic carbocycles. The molecule has 5 heteroatoms. The number of benzene rings is 2. The highest BCUT2D eigenvalue weighted by Gasteiger charge is 2.26. The Hall–Kier alpha value is -2.69. The molecular weight excluding hydrogens is 343 g/mol. The van der Waals surface area contributed by atoms with Gasteiger partial charge in [-0.1, -0.05) is 42.0 Å². The normalized spacial score (nSPS) is 11.9. The molecule has 2 rings (SSSR count). The van der Waals surface area contributed by atoms with Crippen LogP contribution in [0.4, 0.5) is 4.39 Å². The van der Waals surface area contributed by atoms with Gasteiger partial charge in [-0.2, -0.15) is 0 Å². The number of hydrogen-bond donors (Lipinski definition) is 1. The van der Waals surface area contributed by atoms with Crippen LogP contribution in [0.2, 0.25) is 0 Å². The van der Waals surface area contributed by atoms with Crippen molar-refractivity contribution in [3.05, 3.63) is 71.0 Å². The molecule has 0 saturated heterocycles. The molecule has 0 unspecified atom stereocenters. The minimum atomic E-state index is -0.629. The summed E-state index contributed by atoms with van der Waals surface area (Å²) in [6, 6.07) is 13.1. The Morgan fingerprint density at radius 3 is 2.07 bits per heavy atom. The molecule has 0 aliphatic rings. The van der Waals surface area contributed by atoms with Crippen molar-refractivity contribution < 1.29 is 14.0 Å². The van der Waals surface area contributed by atoms with Gasteiger partial charge in [0.1, 0.15) is 11.9 Å². The second kappa shape index (κ2) is 9.31. The van der Waals surface area contributed by atoms with E-state index in [0.29, 0.717) is 0 Å². The maximum absolute atomic E-state index is 13.2. The Morgan fingerprint density at radius 1 is 0.963 bits per heavy atom. The number of carbonyl (C=O) groups is 2. The molecule has 0 bridgehead atoms. The lowest BCUT2D eigenvalue weighted by Gasteiger charge is -2.29. The van der Waals surface area contributed by atoms with Gasteiger partial charge in [0.2, 0.25) is 11.8 Å². The van der Waals surface area contributed by atoms with Gasteiger partial charge in [-0.3, -0.25) is 9.59 Å². The summed E-state index contributed by atoms with van der Waals surface area (Å²) in [5.74, 6) is -0.680. The van der Waals surface area contributed by atoms with Crippen LogP contribution in [-0.4, -0.2) is 28.8 Å². The van der Waals surface area contributed by atoms with Crippen molar-refractivity contribution in [1.29, 1.82) is 0 Å². The third-order valence-corrected chi connectivity index (χ3v) is 4.34. The highest BCUT2D eigenvalue weighted by molar-refractivity contribution is 5.88. The predicted molar refractivity (Wildman–Crippen MR) is 105 cm³/mol. The minimum absolute atomic E-state index is 0.0141. The Bertz CT molecular complexity index is 770. The second-order valence-electron chi connectivity index (χ2n) is 7.15. The number of nitrogens with zero attached hydrogens (tertiary/aromatic N) is 1. The lowest BCUT2D eigenvalue weighted by Crippen LogP contribution is -2.49. The van der Waals surface area contributed by atoms with Gasteiger partial charge in [-0.25, -0.2) is 4.39 Å². The van der Waals surface area contributed by atoms with E-state index in [2.05, 4.69) is 5.32 Å². The van der Waals surface area contributed by atoms with Crippen molar-refractivity contribution in [1.82, 2.24) is 10.2 Å². The van der Waals surface area contributed by atoms with E-state index < -0.39 is 6.04 Å². The van der Waals surface area contributed by atoms with Crippen molar-refractivity contribution in [2.75, 3.05) is 0 Å². The van der Waals surface area contributed by atoms with Gasteiger partial charge in [0, 0.05) is 12.6 Å². The zero-order chi connectivity index (χ0) is 20.0. The van der Waals surface area contributed by atoms with Crippen LogP contribution in [0.15, 0.2) is 48.5 Å². The predicted octanol–water partition coefficient (Wildman–Crippen LogP) is 3.62. The summed E-state index contributed by atoms with van der Waals surface area (Å²) in [5.41, 5.74) is 2.79. The van der Waals surface area contributed by atoms with Gasteiger partial charge < -0.3 is 10.2 Å². The summed E-state index contributed by atoms with van der Waals surface area (Å²) in [7, 11) is 0. The van der Waals surface area contributed by atoms with E-state index in [0.717, 1.165) is 16.7 Å². The highest BCUT2D eigenvalue weighted by atomic mass is 19.1. The average Bonchev–Trinajstić information content (AvgIpc) is 2.62. The van der Waals surface area contributed by atoms with Gasteiger partial charge >= 0.3 is 0 Å². The molecule has 27 heavy (non-hydrogen) atoms. The highest BCUT2D eigenvalue weighted by Crippen LogP contribution is 2.14. The first-order chi connectivity index (χ1) is 12.8. The molecule has 4 nitrogen and oxygen atoms in total. The SMILES string of the molecule is Cc1ccc(CC(=O)N(Cc2ccc(F)cc2)[C@H](C)C(=O)NC(C)C)cc1. The molecule has 1 atom stereocenters. The molecule has 0 saturated carbocycles. The van der Waals surface area contributed by atoms with Crippen LogP contribution in [0.5, 0.6) is 0 Å². The molecule has 144 valence electrons. The van der Waals surface area contributed by atoms with Gasteiger partial charge in [-0.15, -0.1) is 0 Å². The molecule has 0 aliphatic heterocycles. The van der Waals surface area contributed by atoms with E-state index in [1.807, 2.05) is 45.0 Å². The first kappa shape index (κ1) is 20.6. The van der Waals surface area contributed by atoms with Gasteiger partial charge in [0.25, 0.3) is 0 Å². The van der Waals surface area contributed by atoms with E-state index in [1.54, 1.807) is 24.0 Å². The quantitative estimate of drug-likeness (QED) is 0.809. The molecule has 0 fully saturated rings. The number of amides is 2. The van der Waals surface area contributed by atoms with Crippen LogP contribution in [0.3, 0.4) is 0 Å². The Labute approximate surface area is 160 Å². The van der Waals surface area contributed by atoms with Crippen LogP contribution >= 0.6 is 0 Å². The Balaban J connectivity index is 2.21. The van der Waals surface area contributed by atoms with Crippen molar-refractivity contribution in [3.8, 4) is 0 Å². The largest absolute Gasteiger partial charge is 0.352 e. The molecule has 0 spiro atoms. The average molecular weight is 370 g/mol. The fourth-order valence-corrected chi connectivity index (χ4v) is 2.76. The van der Waals surface area contributed by atoms with Gasteiger partial charge in [-0.05, 0) is 51.0 Å². The topological polar surface area (TPSA) is 49.4 Å². The molecular formula is C22H27FN2O2. The monoisotopic (exact) mass is 370 g/mol. The van der Waals surface area contributed by atoms with E-state index in [-0.39, 0.29) is 36.6 Å². The number of hydrogen-bond acceptors (Lipinski definition) is 2. The zero-order valence-corrected chi connectivity index (χ0v) is 16.3. The van der Waals surface area contributed by atoms with E-state index in [4.69, 9.17) is 0 Å². The van der Waals surface area contributed by atoms with Crippen LogP contribution in [-0.2, 0) is 22.6 Å². The third kappa shape index (κ3) is 6.20. The van der Waals surface area contributed by atoms with Gasteiger partial charge in [0.15, 0.2) is 0 Å². The Kier molecular flexibility index (Phi) is 7.11. The first-order valence-electron chi connectivity index (χ1n) is 9.16. The number of aryl methyl sites for hydroxylation is 1. The van der Waals surface area contributed by atoms with Crippen LogP contribution in [0, 0.1) is 12.7 Å². The smallest absolute Gasteiger partial charge is 0.242 e. The molecule has 2 amide bonds. The van der Waals surface area contributed by atoms with Gasteiger partial charge in [0.05, 0.1) is 6.42 Å². The molecule has 0 heterocycles. The standard InChI is InChI=1S/C22H27FN2O2/c1-15(2)24-22(27)17(4)25(14-19-9-11-20(23)12-10-19)21(26)13-18-7-5-16(3)6-8-18/h5-12,15,17H,13-14H2,1-4H3,(H,24,27)/t17-/m1/s1. The molecule has 0 aromatic heterocycles. The minimum Gasteiger partial charge on any atom is -0.352 e. The zero-order valence-electron chi connectivity index (χ0n) is 16.3. The van der Waals surface area contributed by atoms with Crippen LogP contribution in [0.25, 0.3) is 0 Å². The summed E-state index contributed by atoms with van der Waals surface area (Å²) < 4.78 is 13.2. The summed E-state index contributed by atoms with van der Waals surface area (Å²) in [6.45, 7) is 7.71. The lowest BCUT2D eigenvalue weighted by atomic mass is 10.1. The van der Waals surface area contributed by atoms with Crippen LogP contribution in [0.1, 0.15) is 37.5 Å². The number of halogens is 1. The maximum Gasteiger partial charge on any atom is 0.242 e. The second-order valence-corrected chi connectivity index (χ2v) is 7.15. The van der Waals surface area contributed by atoms with Crippen molar-refractivity contribution >= 4 is 11.8 Å². The molecule has 0 radical (unpaired) electrons. The summed E-state index contributed by atoms with van der Waals surface area (Å²) in [5, 5.41) is 2.85. The van der Waals surface area contributed by atoms with E-state index in [1.165, 1.54) is 12.1 Å². The first-order valence-corrected chi connectivity index (χ1v) is 9.16. The number of carbonyl (C=O) groups excluding carboxylic acids is 2. The fourth-order valence-electron chi connectivity index (χ4n) is 2.76. The third-order valence-electron chi connectivity index (χ3n) is 4.34. The number of nitrogens with one attached hydrogen (secondary N) is 1. The summed E-state index contributed by atoms with van der Waals surface area (Å²) in [6.07, 6.45) is 0.209.